The summed E-state index contributed by atoms with van der Waals surface area (Å²) >= 11 is 0. The van der Waals surface area contributed by atoms with E-state index in [-0.39, 0.29) is 11.7 Å². The van der Waals surface area contributed by atoms with Gasteiger partial charge >= 0.3 is 6.09 Å². The largest absolute Gasteiger partial charge is 0.444 e. The van der Waals surface area contributed by atoms with Crippen LogP contribution in [0.4, 0.5) is 4.79 Å². The van der Waals surface area contributed by atoms with E-state index in [0.29, 0.717) is 5.41 Å². The van der Waals surface area contributed by atoms with E-state index in [4.69, 9.17) is 4.74 Å². The number of hydrogen-bond acceptors (Lipinski definition) is 3. The van der Waals surface area contributed by atoms with E-state index >= 15 is 0 Å². The monoisotopic (exact) mass is 226 g/mol. The van der Waals surface area contributed by atoms with Crippen LogP contribution in [0.5, 0.6) is 0 Å². The van der Waals surface area contributed by atoms with Crippen LogP contribution < -0.4 is 5.32 Å². The zero-order chi connectivity index (χ0) is 12.0. The second kappa shape index (κ2) is 3.62. The summed E-state index contributed by atoms with van der Waals surface area (Å²) in [4.78, 5) is 13.5. The van der Waals surface area contributed by atoms with Gasteiger partial charge in [0.15, 0.2) is 0 Å². The van der Waals surface area contributed by atoms with Gasteiger partial charge in [-0.15, -0.1) is 0 Å². The van der Waals surface area contributed by atoms with Crippen LogP contribution in [-0.4, -0.2) is 43.3 Å². The first-order chi connectivity index (χ1) is 7.36. The van der Waals surface area contributed by atoms with E-state index in [9.17, 15) is 4.79 Å². The van der Waals surface area contributed by atoms with Crippen molar-refractivity contribution in [3.05, 3.63) is 0 Å². The molecule has 0 aromatic heterocycles. The maximum absolute atomic E-state index is 11.7. The van der Waals surface area contributed by atoms with Gasteiger partial charge in [0.05, 0.1) is 0 Å². The van der Waals surface area contributed by atoms with E-state index in [1.165, 1.54) is 6.42 Å². The number of carbonyl (C=O) groups excluding carboxylic acids is 1. The van der Waals surface area contributed by atoms with Crippen LogP contribution in [0.1, 0.15) is 27.2 Å². The molecule has 2 fully saturated rings. The lowest BCUT2D eigenvalue weighted by Crippen LogP contribution is -2.54. The van der Waals surface area contributed by atoms with E-state index in [1.54, 1.807) is 0 Å². The summed E-state index contributed by atoms with van der Waals surface area (Å²) in [7, 11) is 1.98. The molecule has 0 aromatic carbocycles. The molecule has 4 nitrogen and oxygen atoms in total. The van der Waals surface area contributed by atoms with Gasteiger partial charge < -0.3 is 15.0 Å². The van der Waals surface area contributed by atoms with Gasteiger partial charge in [0, 0.05) is 18.5 Å². The summed E-state index contributed by atoms with van der Waals surface area (Å²) in [6, 6.07) is 0. The molecule has 92 valence electrons. The predicted molar refractivity (Wildman–Crippen MR) is 62.3 cm³/mol. The van der Waals surface area contributed by atoms with Crippen LogP contribution in [0.2, 0.25) is 0 Å². The number of amides is 1. The van der Waals surface area contributed by atoms with E-state index in [1.807, 2.05) is 32.7 Å². The number of hydrogen-bond donors (Lipinski definition) is 1. The molecule has 1 heterocycles. The fraction of sp³-hybridized carbons (Fsp3) is 0.917. The molecule has 1 aliphatic heterocycles. The highest BCUT2D eigenvalue weighted by atomic mass is 16.6. The second-order valence-electron chi connectivity index (χ2n) is 6.16. The molecule has 1 saturated carbocycles. The third kappa shape index (κ3) is 2.17. The van der Waals surface area contributed by atoms with Crippen molar-refractivity contribution in [3.8, 4) is 0 Å². The number of carbonyl (C=O) groups is 1. The minimum atomic E-state index is -0.381. The molecule has 1 saturated heterocycles. The van der Waals surface area contributed by atoms with E-state index < -0.39 is 0 Å². The molecule has 1 atom stereocenters. The molecule has 1 spiro atoms. The Hall–Kier alpha value is -0.770. The van der Waals surface area contributed by atoms with Gasteiger partial charge in [-0.05, 0) is 46.7 Å². The molecule has 2 aliphatic rings. The van der Waals surface area contributed by atoms with Crippen molar-refractivity contribution in [3.63, 3.8) is 0 Å². The SMILES string of the molecule is CNCC1CC12CN(C(=O)OC(C)(C)C)C2. The molecule has 1 amide bonds. The third-order valence-corrected chi connectivity index (χ3v) is 3.47. The number of nitrogens with one attached hydrogen (secondary N) is 1. The van der Waals surface area contributed by atoms with Crippen LogP contribution in [0.15, 0.2) is 0 Å². The Bertz CT molecular complexity index is 290. The van der Waals surface area contributed by atoms with Gasteiger partial charge in [0.1, 0.15) is 5.60 Å². The summed E-state index contributed by atoms with van der Waals surface area (Å²) in [5, 5.41) is 3.20. The summed E-state index contributed by atoms with van der Waals surface area (Å²) in [5.41, 5.74) is 0.0493. The lowest BCUT2D eigenvalue weighted by molar-refractivity contribution is -0.00915. The van der Waals surface area contributed by atoms with Gasteiger partial charge in [-0.25, -0.2) is 4.79 Å². The molecule has 1 unspecified atom stereocenters. The Kier molecular flexibility index (Phi) is 2.65. The Labute approximate surface area is 97.3 Å². The lowest BCUT2D eigenvalue weighted by atomic mass is 9.94. The van der Waals surface area contributed by atoms with E-state index in [2.05, 4.69) is 5.32 Å². The fourth-order valence-electron chi connectivity index (χ4n) is 2.52. The van der Waals surface area contributed by atoms with Crippen molar-refractivity contribution < 1.29 is 9.53 Å². The molecule has 0 radical (unpaired) electrons. The highest BCUT2D eigenvalue weighted by Gasteiger charge is 2.62. The molecule has 1 aliphatic carbocycles. The smallest absolute Gasteiger partial charge is 0.410 e. The summed E-state index contributed by atoms with van der Waals surface area (Å²) in [6.45, 7) is 8.55. The molecule has 16 heavy (non-hydrogen) atoms. The molecule has 1 N–H and O–H groups in total. The summed E-state index contributed by atoms with van der Waals surface area (Å²) < 4.78 is 5.33. The topological polar surface area (TPSA) is 41.6 Å². The van der Waals surface area contributed by atoms with Crippen LogP contribution >= 0.6 is 0 Å². The summed E-state index contributed by atoms with van der Waals surface area (Å²) in [6.07, 6.45) is 1.10. The van der Waals surface area contributed by atoms with Gasteiger partial charge in [0.25, 0.3) is 0 Å². The first kappa shape index (κ1) is 11.7. The number of likely N-dealkylation sites (tertiary alicyclic amines) is 1. The number of rotatable bonds is 2. The molecule has 0 bridgehead atoms. The normalized spacial score (nSPS) is 26.5. The highest BCUT2D eigenvalue weighted by Crippen LogP contribution is 2.58. The average Bonchev–Trinajstić information content (AvgIpc) is 2.73. The van der Waals surface area contributed by atoms with Gasteiger partial charge in [-0.1, -0.05) is 0 Å². The van der Waals surface area contributed by atoms with Crippen LogP contribution in [0.25, 0.3) is 0 Å². The van der Waals surface area contributed by atoms with Crippen LogP contribution in [0.3, 0.4) is 0 Å². The lowest BCUT2D eigenvalue weighted by Gasteiger charge is -2.41. The fourth-order valence-corrected chi connectivity index (χ4v) is 2.52. The van der Waals surface area contributed by atoms with Crippen molar-refractivity contribution in [2.24, 2.45) is 11.3 Å². The predicted octanol–water partition coefficient (Wildman–Crippen LogP) is 1.46. The highest BCUT2D eigenvalue weighted by molar-refractivity contribution is 5.69. The van der Waals surface area contributed by atoms with Crippen molar-refractivity contribution >= 4 is 6.09 Å². The minimum Gasteiger partial charge on any atom is -0.444 e. The zero-order valence-electron chi connectivity index (χ0n) is 10.7. The first-order valence-electron chi connectivity index (χ1n) is 5.99. The van der Waals surface area contributed by atoms with Crippen LogP contribution in [0, 0.1) is 11.3 Å². The van der Waals surface area contributed by atoms with Gasteiger partial charge in [-0.2, -0.15) is 0 Å². The Morgan fingerprint density at radius 2 is 2.12 bits per heavy atom. The minimum absolute atomic E-state index is 0.159. The average molecular weight is 226 g/mol. The molecule has 0 aromatic rings. The molecular formula is C12H22N2O2. The maximum atomic E-state index is 11.7. The summed E-state index contributed by atoms with van der Waals surface area (Å²) in [5.74, 6) is 0.760. The zero-order valence-corrected chi connectivity index (χ0v) is 10.7. The van der Waals surface area contributed by atoms with Gasteiger partial charge in [0.2, 0.25) is 0 Å². The molecular weight excluding hydrogens is 204 g/mol. The van der Waals surface area contributed by atoms with Gasteiger partial charge in [-0.3, -0.25) is 0 Å². The van der Waals surface area contributed by atoms with Crippen molar-refractivity contribution in [1.29, 1.82) is 0 Å². The Morgan fingerprint density at radius 3 is 2.62 bits per heavy atom. The number of nitrogens with zero attached hydrogens (tertiary/aromatic N) is 1. The molecule has 2 rings (SSSR count). The van der Waals surface area contributed by atoms with Crippen LogP contribution in [-0.2, 0) is 4.74 Å². The molecule has 4 heteroatoms. The Balaban J connectivity index is 1.75. The first-order valence-corrected chi connectivity index (χ1v) is 5.99. The second-order valence-corrected chi connectivity index (χ2v) is 6.16. The van der Waals surface area contributed by atoms with Crippen molar-refractivity contribution in [2.75, 3.05) is 26.7 Å². The van der Waals surface area contributed by atoms with E-state index in [0.717, 1.165) is 25.6 Å². The number of ether oxygens (including phenoxy) is 1. The van der Waals surface area contributed by atoms with Crippen molar-refractivity contribution in [1.82, 2.24) is 10.2 Å². The maximum Gasteiger partial charge on any atom is 0.410 e. The quantitative estimate of drug-likeness (QED) is 0.775. The Morgan fingerprint density at radius 1 is 1.50 bits per heavy atom. The van der Waals surface area contributed by atoms with Crippen molar-refractivity contribution in [2.45, 2.75) is 32.8 Å². The third-order valence-electron chi connectivity index (χ3n) is 3.47. The standard InChI is InChI=1S/C12H22N2O2/c1-11(2,3)16-10(15)14-7-12(8-14)5-9(12)6-13-4/h9,13H,5-8H2,1-4H3.